The van der Waals surface area contributed by atoms with E-state index in [0.29, 0.717) is 0 Å². The van der Waals surface area contributed by atoms with Crippen molar-refractivity contribution in [3.63, 3.8) is 0 Å². The minimum atomic E-state index is 1.01. The average molecular weight is 314 g/mol. The lowest BCUT2D eigenvalue weighted by atomic mass is 9.95. The standard InChI is InChI=1S/C22H18S/c1-15-7-9-17(10-8-15)16(2)18-11-12-22-20(13-18)14-19-5-3-4-6-21(19)23-22/h3-13H,2,14H2,1H3. The van der Waals surface area contributed by atoms with Crippen LogP contribution in [-0.2, 0) is 6.42 Å². The van der Waals surface area contributed by atoms with Gasteiger partial charge in [0.2, 0.25) is 0 Å². The van der Waals surface area contributed by atoms with Gasteiger partial charge in [-0.15, -0.1) is 0 Å². The van der Waals surface area contributed by atoms with Crippen LogP contribution in [0, 0.1) is 6.92 Å². The maximum Gasteiger partial charge on any atom is 0.0158 e. The van der Waals surface area contributed by atoms with Crippen LogP contribution in [0.3, 0.4) is 0 Å². The van der Waals surface area contributed by atoms with E-state index in [4.69, 9.17) is 0 Å². The van der Waals surface area contributed by atoms with Crippen LogP contribution in [0.4, 0.5) is 0 Å². The third-order valence-corrected chi connectivity index (χ3v) is 5.62. The lowest BCUT2D eigenvalue weighted by Gasteiger charge is -2.20. The van der Waals surface area contributed by atoms with Crippen LogP contribution in [0.2, 0.25) is 0 Å². The monoisotopic (exact) mass is 314 g/mol. The van der Waals surface area contributed by atoms with Crippen molar-refractivity contribution in [2.24, 2.45) is 0 Å². The summed E-state index contributed by atoms with van der Waals surface area (Å²) in [5, 5.41) is 0. The molecule has 0 saturated heterocycles. The van der Waals surface area contributed by atoms with Crippen LogP contribution >= 0.6 is 11.8 Å². The Kier molecular flexibility index (Phi) is 3.59. The quantitative estimate of drug-likeness (QED) is 0.430. The van der Waals surface area contributed by atoms with E-state index in [1.54, 1.807) is 0 Å². The number of aryl methyl sites for hydroxylation is 1. The molecule has 0 N–H and O–H groups in total. The number of hydrogen-bond acceptors (Lipinski definition) is 1. The Bertz CT molecular complexity index is 888. The van der Waals surface area contributed by atoms with Crippen LogP contribution < -0.4 is 0 Å². The van der Waals surface area contributed by atoms with Gasteiger partial charge in [0.05, 0.1) is 0 Å². The first-order valence-electron chi connectivity index (χ1n) is 7.86. The first kappa shape index (κ1) is 14.3. The van der Waals surface area contributed by atoms with Crippen molar-refractivity contribution < 1.29 is 0 Å². The van der Waals surface area contributed by atoms with E-state index >= 15 is 0 Å². The van der Waals surface area contributed by atoms with E-state index in [2.05, 4.69) is 80.2 Å². The van der Waals surface area contributed by atoms with E-state index in [-0.39, 0.29) is 0 Å². The van der Waals surface area contributed by atoms with Gasteiger partial charge in [0.25, 0.3) is 0 Å². The van der Waals surface area contributed by atoms with Gasteiger partial charge in [-0.3, -0.25) is 0 Å². The van der Waals surface area contributed by atoms with Crippen LogP contribution in [0.25, 0.3) is 5.57 Å². The smallest absolute Gasteiger partial charge is 0.0158 e. The highest BCUT2D eigenvalue weighted by Crippen LogP contribution is 2.40. The van der Waals surface area contributed by atoms with Crippen molar-refractivity contribution >= 4 is 17.3 Å². The summed E-state index contributed by atoms with van der Waals surface area (Å²) in [5.41, 5.74) is 7.60. The van der Waals surface area contributed by atoms with Gasteiger partial charge in [-0.1, -0.05) is 72.4 Å². The zero-order chi connectivity index (χ0) is 15.8. The lowest BCUT2D eigenvalue weighted by Crippen LogP contribution is -2.00. The summed E-state index contributed by atoms with van der Waals surface area (Å²) < 4.78 is 0. The summed E-state index contributed by atoms with van der Waals surface area (Å²) in [7, 11) is 0. The molecule has 0 saturated carbocycles. The van der Waals surface area contributed by atoms with Gasteiger partial charge in [-0.2, -0.15) is 0 Å². The molecule has 0 amide bonds. The second-order valence-electron chi connectivity index (χ2n) is 6.05. The fourth-order valence-electron chi connectivity index (χ4n) is 3.00. The molecule has 3 aromatic rings. The second kappa shape index (κ2) is 5.75. The third kappa shape index (κ3) is 2.73. The maximum atomic E-state index is 4.31. The van der Waals surface area contributed by atoms with Gasteiger partial charge in [0.15, 0.2) is 0 Å². The normalized spacial score (nSPS) is 12.4. The fourth-order valence-corrected chi connectivity index (χ4v) is 4.05. The molecule has 3 aromatic carbocycles. The molecule has 0 nitrogen and oxygen atoms in total. The number of hydrogen-bond donors (Lipinski definition) is 0. The summed E-state index contributed by atoms with van der Waals surface area (Å²) >= 11 is 1.87. The maximum absolute atomic E-state index is 4.31. The summed E-state index contributed by atoms with van der Waals surface area (Å²) in [6.45, 7) is 6.42. The molecule has 0 spiro atoms. The molecule has 0 atom stereocenters. The molecule has 1 heteroatoms. The van der Waals surface area contributed by atoms with Gasteiger partial charge in [0.1, 0.15) is 0 Å². The SMILES string of the molecule is C=C(c1ccc(C)cc1)c1ccc2c(c1)Cc1ccccc1S2. The van der Waals surface area contributed by atoms with Crippen LogP contribution in [0.5, 0.6) is 0 Å². The first-order chi connectivity index (χ1) is 11.2. The van der Waals surface area contributed by atoms with Crippen molar-refractivity contribution in [2.75, 3.05) is 0 Å². The predicted octanol–water partition coefficient (Wildman–Crippen LogP) is 6.11. The minimum absolute atomic E-state index is 1.01. The summed E-state index contributed by atoms with van der Waals surface area (Å²) in [6.07, 6.45) is 1.01. The summed E-state index contributed by atoms with van der Waals surface area (Å²) in [6, 6.07) is 24.0. The summed E-state index contributed by atoms with van der Waals surface area (Å²) in [5.74, 6) is 0. The molecule has 0 aliphatic carbocycles. The van der Waals surface area contributed by atoms with Crippen molar-refractivity contribution in [1.29, 1.82) is 0 Å². The lowest BCUT2D eigenvalue weighted by molar-refractivity contribution is 1.05. The topological polar surface area (TPSA) is 0 Å². The molecule has 0 bridgehead atoms. The Morgan fingerprint density at radius 2 is 1.52 bits per heavy atom. The van der Waals surface area contributed by atoms with Crippen LogP contribution in [0.1, 0.15) is 27.8 Å². The van der Waals surface area contributed by atoms with Gasteiger partial charge >= 0.3 is 0 Å². The van der Waals surface area contributed by atoms with E-state index in [1.165, 1.54) is 37.6 Å². The van der Waals surface area contributed by atoms with E-state index < -0.39 is 0 Å². The Morgan fingerprint density at radius 1 is 0.826 bits per heavy atom. The van der Waals surface area contributed by atoms with Gasteiger partial charge in [-0.05, 0) is 59.4 Å². The second-order valence-corrected chi connectivity index (χ2v) is 7.14. The molecule has 0 aromatic heterocycles. The minimum Gasteiger partial charge on any atom is -0.0906 e. The third-order valence-electron chi connectivity index (χ3n) is 4.38. The highest BCUT2D eigenvalue weighted by Gasteiger charge is 2.16. The Balaban J connectivity index is 1.68. The average Bonchev–Trinajstić information content (AvgIpc) is 2.59. The first-order valence-corrected chi connectivity index (χ1v) is 8.67. The molecule has 23 heavy (non-hydrogen) atoms. The number of fused-ring (bicyclic) bond motifs is 2. The van der Waals surface area contributed by atoms with Crippen molar-refractivity contribution in [2.45, 2.75) is 23.1 Å². The van der Waals surface area contributed by atoms with Gasteiger partial charge in [-0.25, -0.2) is 0 Å². The molecule has 0 unspecified atom stereocenters. The highest BCUT2D eigenvalue weighted by atomic mass is 32.2. The van der Waals surface area contributed by atoms with E-state index in [1.807, 2.05) is 11.8 Å². The zero-order valence-corrected chi connectivity index (χ0v) is 14.0. The number of benzene rings is 3. The van der Waals surface area contributed by atoms with Crippen molar-refractivity contribution in [1.82, 2.24) is 0 Å². The van der Waals surface area contributed by atoms with Crippen LogP contribution in [0.15, 0.2) is 83.1 Å². The molecular weight excluding hydrogens is 296 g/mol. The Morgan fingerprint density at radius 3 is 2.35 bits per heavy atom. The predicted molar refractivity (Wildman–Crippen MR) is 99.1 cm³/mol. The van der Waals surface area contributed by atoms with Gasteiger partial charge in [0, 0.05) is 9.79 Å². The van der Waals surface area contributed by atoms with Gasteiger partial charge < -0.3 is 0 Å². The van der Waals surface area contributed by atoms with Crippen molar-refractivity contribution in [3.05, 3.63) is 101 Å². The molecule has 1 heterocycles. The van der Waals surface area contributed by atoms with E-state index in [0.717, 1.165) is 12.0 Å². The molecule has 4 rings (SSSR count). The van der Waals surface area contributed by atoms with Crippen molar-refractivity contribution in [3.8, 4) is 0 Å². The van der Waals surface area contributed by atoms with Crippen LogP contribution in [-0.4, -0.2) is 0 Å². The molecule has 1 aliphatic rings. The zero-order valence-electron chi connectivity index (χ0n) is 13.2. The number of rotatable bonds is 2. The van der Waals surface area contributed by atoms with E-state index in [9.17, 15) is 0 Å². The molecule has 0 radical (unpaired) electrons. The summed E-state index contributed by atoms with van der Waals surface area (Å²) in [4.78, 5) is 2.74. The largest absolute Gasteiger partial charge is 0.0906 e. The molecular formula is C22H18S. The Labute approximate surface area is 141 Å². The Hall–Kier alpha value is -2.25. The fraction of sp³-hybridized carbons (Fsp3) is 0.0909. The highest BCUT2D eigenvalue weighted by molar-refractivity contribution is 7.99. The molecule has 1 aliphatic heterocycles. The molecule has 112 valence electrons. The molecule has 0 fully saturated rings.